The summed E-state index contributed by atoms with van der Waals surface area (Å²) in [7, 11) is 0. The van der Waals surface area contributed by atoms with Crippen LogP contribution >= 0.6 is 11.8 Å². The van der Waals surface area contributed by atoms with Crippen LogP contribution in [0.5, 0.6) is 0 Å². The Bertz CT molecular complexity index is 244. The SMILES string of the molecule is OCCn1nnnc1SCCCF. The molecule has 0 bridgehead atoms. The quantitative estimate of drug-likeness (QED) is 0.529. The average molecular weight is 206 g/mol. The van der Waals surface area contributed by atoms with Crippen molar-refractivity contribution in [3.63, 3.8) is 0 Å². The van der Waals surface area contributed by atoms with Crippen LogP contribution in [0.15, 0.2) is 5.16 Å². The Morgan fingerprint density at radius 3 is 3.08 bits per heavy atom. The number of thioether (sulfide) groups is 1. The van der Waals surface area contributed by atoms with Crippen molar-refractivity contribution in [3.8, 4) is 0 Å². The van der Waals surface area contributed by atoms with Crippen LogP contribution < -0.4 is 0 Å². The van der Waals surface area contributed by atoms with Gasteiger partial charge in [0.25, 0.3) is 0 Å². The molecule has 0 aromatic carbocycles. The van der Waals surface area contributed by atoms with Gasteiger partial charge >= 0.3 is 0 Å². The zero-order chi connectivity index (χ0) is 9.52. The Labute approximate surface area is 79.3 Å². The van der Waals surface area contributed by atoms with E-state index in [0.29, 0.717) is 23.9 Å². The topological polar surface area (TPSA) is 63.8 Å². The van der Waals surface area contributed by atoms with Crippen LogP contribution in [0.3, 0.4) is 0 Å². The first-order valence-electron chi connectivity index (χ1n) is 3.94. The van der Waals surface area contributed by atoms with E-state index in [1.165, 1.54) is 16.4 Å². The van der Waals surface area contributed by atoms with E-state index >= 15 is 0 Å². The highest BCUT2D eigenvalue weighted by Gasteiger charge is 2.04. The van der Waals surface area contributed by atoms with E-state index in [1.807, 2.05) is 0 Å². The second-order valence-corrected chi connectivity index (χ2v) is 3.36. The van der Waals surface area contributed by atoms with Crippen LogP contribution in [0, 0.1) is 0 Å². The number of halogens is 1. The van der Waals surface area contributed by atoms with Gasteiger partial charge in [0.15, 0.2) is 0 Å². The maximum absolute atomic E-state index is 11.8. The van der Waals surface area contributed by atoms with Gasteiger partial charge in [-0.05, 0) is 16.8 Å². The first-order chi connectivity index (χ1) is 6.38. The fourth-order valence-corrected chi connectivity index (χ4v) is 1.56. The number of hydrogen-bond donors (Lipinski definition) is 1. The highest BCUT2D eigenvalue weighted by molar-refractivity contribution is 7.99. The highest BCUT2D eigenvalue weighted by Crippen LogP contribution is 2.14. The van der Waals surface area contributed by atoms with E-state index < -0.39 is 0 Å². The molecule has 0 atom stereocenters. The lowest BCUT2D eigenvalue weighted by Crippen LogP contribution is -2.05. The maximum atomic E-state index is 11.8. The molecular formula is C6H11FN4OS. The van der Waals surface area contributed by atoms with E-state index in [2.05, 4.69) is 15.5 Å². The zero-order valence-corrected chi connectivity index (χ0v) is 7.87. The molecule has 1 heterocycles. The first kappa shape index (κ1) is 10.4. The molecule has 0 aliphatic carbocycles. The largest absolute Gasteiger partial charge is 0.394 e. The van der Waals surface area contributed by atoms with Crippen molar-refractivity contribution in [2.45, 2.75) is 18.1 Å². The minimum absolute atomic E-state index is 0.00170. The minimum Gasteiger partial charge on any atom is -0.394 e. The fourth-order valence-electron chi connectivity index (χ4n) is 0.753. The van der Waals surface area contributed by atoms with Crippen molar-refractivity contribution in [3.05, 3.63) is 0 Å². The number of aliphatic hydroxyl groups is 1. The molecule has 0 fully saturated rings. The molecule has 0 saturated carbocycles. The van der Waals surface area contributed by atoms with Gasteiger partial charge < -0.3 is 5.11 Å². The monoisotopic (exact) mass is 206 g/mol. The van der Waals surface area contributed by atoms with Crippen LogP contribution in [-0.2, 0) is 6.54 Å². The second kappa shape index (κ2) is 5.87. The summed E-state index contributed by atoms with van der Waals surface area (Å²) in [5, 5.41) is 20.1. The molecule has 13 heavy (non-hydrogen) atoms. The summed E-state index contributed by atoms with van der Waals surface area (Å²) >= 11 is 1.39. The van der Waals surface area contributed by atoms with E-state index in [-0.39, 0.29) is 13.3 Å². The van der Waals surface area contributed by atoms with E-state index in [9.17, 15) is 4.39 Å². The summed E-state index contributed by atoms with van der Waals surface area (Å²) in [4.78, 5) is 0. The van der Waals surface area contributed by atoms with Gasteiger partial charge in [0.05, 0.1) is 19.8 Å². The average Bonchev–Trinajstić information content (AvgIpc) is 2.54. The van der Waals surface area contributed by atoms with E-state index in [1.54, 1.807) is 0 Å². The van der Waals surface area contributed by atoms with Crippen LogP contribution in [0.2, 0.25) is 0 Å². The third-order valence-electron chi connectivity index (χ3n) is 1.32. The summed E-state index contributed by atoms with van der Waals surface area (Å²) in [5.74, 6) is 0.655. The Balaban J connectivity index is 2.40. The van der Waals surface area contributed by atoms with Gasteiger partial charge in [0, 0.05) is 5.75 Å². The number of tetrazole rings is 1. The van der Waals surface area contributed by atoms with Crippen molar-refractivity contribution >= 4 is 11.8 Å². The number of rotatable bonds is 6. The summed E-state index contributed by atoms with van der Waals surface area (Å²) < 4.78 is 13.3. The lowest BCUT2D eigenvalue weighted by molar-refractivity contribution is 0.262. The first-order valence-corrected chi connectivity index (χ1v) is 4.93. The number of nitrogens with zero attached hydrogens (tertiary/aromatic N) is 4. The molecule has 0 amide bonds. The van der Waals surface area contributed by atoms with Crippen LogP contribution in [-0.4, -0.2) is 44.3 Å². The third kappa shape index (κ3) is 3.27. The summed E-state index contributed by atoms with van der Waals surface area (Å²) in [6.45, 7) is 0.0568. The summed E-state index contributed by atoms with van der Waals surface area (Å²) in [6.07, 6.45) is 0.497. The van der Waals surface area contributed by atoms with E-state index in [4.69, 9.17) is 5.11 Å². The molecule has 0 spiro atoms. The van der Waals surface area contributed by atoms with Gasteiger partial charge in [-0.15, -0.1) is 5.10 Å². The Morgan fingerprint density at radius 2 is 2.38 bits per heavy atom. The molecular weight excluding hydrogens is 195 g/mol. The maximum Gasteiger partial charge on any atom is 0.209 e. The molecule has 0 unspecified atom stereocenters. The van der Waals surface area contributed by atoms with Crippen molar-refractivity contribution < 1.29 is 9.50 Å². The second-order valence-electron chi connectivity index (χ2n) is 2.30. The van der Waals surface area contributed by atoms with Gasteiger partial charge in [-0.3, -0.25) is 4.39 Å². The Hall–Kier alpha value is -0.690. The smallest absolute Gasteiger partial charge is 0.209 e. The van der Waals surface area contributed by atoms with Crippen molar-refractivity contribution in [2.75, 3.05) is 19.0 Å². The fraction of sp³-hybridized carbons (Fsp3) is 0.833. The molecule has 7 heteroatoms. The molecule has 0 aliphatic rings. The Kier molecular flexibility index (Phi) is 4.69. The number of hydrogen-bond acceptors (Lipinski definition) is 5. The van der Waals surface area contributed by atoms with Gasteiger partial charge in [-0.25, -0.2) is 4.68 Å². The summed E-state index contributed by atoms with van der Waals surface area (Å²) in [5.41, 5.74) is 0. The molecule has 1 rings (SSSR count). The molecule has 74 valence electrons. The minimum atomic E-state index is -0.325. The Morgan fingerprint density at radius 1 is 1.54 bits per heavy atom. The molecule has 0 saturated heterocycles. The molecule has 1 N–H and O–H groups in total. The predicted octanol–water partition coefficient (Wildman–Crippen LogP) is 0.117. The van der Waals surface area contributed by atoms with Crippen LogP contribution in [0.4, 0.5) is 4.39 Å². The van der Waals surface area contributed by atoms with Gasteiger partial charge in [-0.2, -0.15) is 0 Å². The third-order valence-corrected chi connectivity index (χ3v) is 2.36. The van der Waals surface area contributed by atoms with Crippen LogP contribution in [0.1, 0.15) is 6.42 Å². The van der Waals surface area contributed by atoms with Gasteiger partial charge in [-0.1, -0.05) is 11.8 Å². The van der Waals surface area contributed by atoms with Gasteiger partial charge in [0.2, 0.25) is 5.16 Å². The lowest BCUT2D eigenvalue weighted by Gasteiger charge is -1.99. The van der Waals surface area contributed by atoms with Gasteiger partial charge in [0.1, 0.15) is 0 Å². The van der Waals surface area contributed by atoms with Crippen molar-refractivity contribution in [1.82, 2.24) is 20.2 Å². The van der Waals surface area contributed by atoms with E-state index in [0.717, 1.165) is 0 Å². The lowest BCUT2D eigenvalue weighted by atomic mass is 10.6. The number of aliphatic hydroxyl groups excluding tert-OH is 1. The molecule has 1 aromatic rings. The van der Waals surface area contributed by atoms with Crippen molar-refractivity contribution in [1.29, 1.82) is 0 Å². The zero-order valence-electron chi connectivity index (χ0n) is 7.06. The molecule has 1 aromatic heterocycles. The highest BCUT2D eigenvalue weighted by atomic mass is 32.2. The standard InChI is InChI=1S/C6H11FN4OS/c7-2-1-5-13-6-8-9-10-11(6)3-4-12/h12H,1-5H2. The number of alkyl halides is 1. The molecule has 5 nitrogen and oxygen atoms in total. The number of aromatic nitrogens is 4. The molecule has 0 aliphatic heterocycles. The predicted molar refractivity (Wildman–Crippen MR) is 46.2 cm³/mol. The van der Waals surface area contributed by atoms with Crippen molar-refractivity contribution in [2.24, 2.45) is 0 Å². The summed E-state index contributed by atoms with van der Waals surface area (Å²) in [6, 6.07) is 0. The molecule has 0 radical (unpaired) electrons. The normalized spacial score (nSPS) is 10.6. The van der Waals surface area contributed by atoms with Crippen LogP contribution in [0.25, 0.3) is 0 Å².